The molecular formula is C23H27N3O2. The molecule has 146 valence electrons. The number of hydrogen-bond donors (Lipinski definition) is 0. The van der Waals surface area contributed by atoms with Crippen LogP contribution >= 0.6 is 0 Å². The van der Waals surface area contributed by atoms with E-state index in [1.54, 1.807) is 7.11 Å². The van der Waals surface area contributed by atoms with E-state index in [1.165, 1.54) is 0 Å². The van der Waals surface area contributed by atoms with Gasteiger partial charge in [0, 0.05) is 37.2 Å². The first-order valence-corrected chi connectivity index (χ1v) is 10.00. The molecule has 5 nitrogen and oxygen atoms in total. The molecule has 1 amide bonds. The van der Waals surface area contributed by atoms with Crippen LogP contribution in [-0.2, 0) is 11.3 Å². The second-order valence-electron chi connectivity index (χ2n) is 7.69. The van der Waals surface area contributed by atoms with Crippen LogP contribution < -0.4 is 9.64 Å². The van der Waals surface area contributed by atoms with E-state index >= 15 is 0 Å². The summed E-state index contributed by atoms with van der Waals surface area (Å²) in [6.07, 6.45) is 1.60. The lowest BCUT2D eigenvalue weighted by atomic mass is 10.1. The number of carbonyl (C=O) groups excluding carboxylic acids is 1. The molecule has 1 aliphatic heterocycles. The Kier molecular flexibility index (Phi) is 5.07. The molecule has 1 aromatic heterocycles. The molecule has 1 fully saturated rings. The first-order valence-electron chi connectivity index (χ1n) is 10.00. The number of fused-ring (bicyclic) bond motifs is 1. The molecule has 0 unspecified atom stereocenters. The van der Waals surface area contributed by atoms with Gasteiger partial charge in [0.15, 0.2) is 0 Å². The molecule has 3 aromatic rings. The summed E-state index contributed by atoms with van der Waals surface area (Å²) in [4.78, 5) is 19.6. The molecule has 0 radical (unpaired) electrons. The van der Waals surface area contributed by atoms with Crippen LogP contribution in [0.3, 0.4) is 0 Å². The first-order chi connectivity index (χ1) is 13.6. The highest BCUT2D eigenvalue weighted by Crippen LogP contribution is 2.34. The summed E-state index contributed by atoms with van der Waals surface area (Å²) in [6, 6.07) is 16.0. The Morgan fingerprint density at radius 2 is 2.04 bits per heavy atom. The third kappa shape index (κ3) is 3.37. The van der Waals surface area contributed by atoms with Crippen LogP contribution in [0.2, 0.25) is 0 Å². The zero-order chi connectivity index (χ0) is 19.7. The number of imidazole rings is 1. The van der Waals surface area contributed by atoms with Gasteiger partial charge in [0.05, 0.1) is 18.1 Å². The van der Waals surface area contributed by atoms with Crippen LogP contribution in [0.5, 0.6) is 5.75 Å². The van der Waals surface area contributed by atoms with E-state index in [4.69, 9.17) is 9.72 Å². The maximum Gasteiger partial charge on any atom is 0.227 e. The Hall–Kier alpha value is -2.82. The van der Waals surface area contributed by atoms with Gasteiger partial charge in [-0.2, -0.15) is 0 Å². The molecule has 1 saturated heterocycles. The van der Waals surface area contributed by atoms with Crippen molar-refractivity contribution in [3.63, 3.8) is 0 Å². The Morgan fingerprint density at radius 1 is 1.21 bits per heavy atom. The van der Waals surface area contributed by atoms with Crippen molar-refractivity contribution in [3.05, 3.63) is 54.4 Å². The lowest BCUT2D eigenvalue weighted by Crippen LogP contribution is -2.24. The number of rotatable bonds is 6. The van der Waals surface area contributed by atoms with Crippen molar-refractivity contribution in [1.29, 1.82) is 0 Å². The molecule has 5 heteroatoms. The Bertz CT molecular complexity index is 994. The SMILES string of the molecule is CC[C@H](C)Cn1c([C@H]2CC(=O)N(c3cccc(OC)c3)C2)nc2ccccc21. The van der Waals surface area contributed by atoms with Gasteiger partial charge in [0.2, 0.25) is 5.91 Å². The number of aromatic nitrogens is 2. The highest BCUT2D eigenvalue weighted by molar-refractivity contribution is 5.96. The first kappa shape index (κ1) is 18.5. The number of ether oxygens (including phenoxy) is 1. The summed E-state index contributed by atoms with van der Waals surface area (Å²) in [5.41, 5.74) is 3.05. The molecule has 0 aliphatic carbocycles. The minimum absolute atomic E-state index is 0.0927. The molecule has 28 heavy (non-hydrogen) atoms. The summed E-state index contributed by atoms with van der Waals surface area (Å²) >= 11 is 0. The Morgan fingerprint density at radius 3 is 2.82 bits per heavy atom. The number of anilines is 1. The Labute approximate surface area is 165 Å². The number of nitrogens with zero attached hydrogens (tertiary/aromatic N) is 3. The van der Waals surface area contributed by atoms with E-state index in [9.17, 15) is 4.79 Å². The van der Waals surface area contributed by atoms with E-state index in [0.29, 0.717) is 18.9 Å². The van der Waals surface area contributed by atoms with Gasteiger partial charge in [-0.3, -0.25) is 4.79 Å². The summed E-state index contributed by atoms with van der Waals surface area (Å²) in [5.74, 6) is 2.58. The van der Waals surface area contributed by atoms with E-state index in [1.807, 2.05) is 35.2 Å². The third-order valence-corrected chi connectivity index (χ3v) is 5.73. The monoisotopic (exact) mass is 377 g/mol. The van der Waals surface area contributed by atoms with Crippen LogP contribution in [0.15, 0.2) is 48.5 Å². The third-order valence-electron chi connectivity index (χ3n) is 5.73. The fourth-order valence-electron chi connectivity index (χ4n) is 3.95. The second kappa shape index (κ2) is 7.66. The van der Waals surface area contributed by atoms with E-state index < -0.39 is 0 Å². The quantitative estimate of drug-likeness (QED) is 0.630. The second-order valence-corrected chi connectivity index (χ2v) is 7.69. The van der Waals surface area contributed by atoms with Gasteiger partial charge in [-0.1, -0.05) is 38.5 Å². The molecular weight excluding hydrogens is 350 g/mol. The van der Waals surface area contributed by atoms with E-state index in [-0.39, 0.29) is 11.8 Å². The van der Waals surface area contributed by atoms with E-state index in [0.717, 1.165) is 41.3 Å². The zero-order valence-electron chi connectivity index (χ0n) is 16.8. The minimum Gasteiger partial charge on any atom is -0.497 e. The van der Waals surface area contributed by atoms with Crippen molar-refractivity contribution in [2.45, 2.75) is 39.2 Å². The van der Waals surface area contributed by atoms with Gasteiger partial charge in [-0.25, -0.2) is 4.98 Å². The van der Waals surface area contributed by atoms with Crippen molar-refractivity contribution >= 4 is 22.6 Å². The molecule has 4 rings (SSSR count). The smallest absolute Gasteiger partial charge is 0.227 e. The molecule has 2 heterocycles. The topological polar surface area (TPSA) is 47.4 Å². The maximum atomic E-state index is 12.8. The van der Waals surface area contributed by atoms with Crippen LogP contribution in [0, 0.1) is 5.92 Å². The molecule has 0 bridgehead atoms. The predicted molar refractivity (Wildman–Crippen MR) is 112 cm³/mol. The molecule has 2 aromatic carbocycles. The summed E-state index contributed by atoms with van der Waals surface area (Å²) in [5, 5.41) is 0. The van der Waals surface area contributed by atoms with Crippen molar-refractivity contribution < 1.29 is 9.53 Å². The van der Waals surface area contributed by atoms with Crippen LogP contribution in [-0.4, -0.2) is 29.1 Å². The molecule has 1 aliphatic rings. The normalized spacial score (nSPS) is 18.0. The molecule has 0 saturated carbocycles. The number of methoxy groups -OCH3 is 1. The van der Waals surface area contributed by atoms with Gasteiger partial charge < -0.3 is 14.2 Å². The standard InChI is InChI=1S/C23H27N3O2/c1-4-16(2)14-26-21-11-6-5-10-20(21)24-23(26)17-12-22(27)25(15-17)18-8-7-9-19(13-18)28-3/h5-11,13,16-17H,4,12,14-15H2,1-3H3/t16-,17-/m0/s1. The number of amides is 1. The van der Waals surface area contributed by atoms with Gasteiger partial charge in [0.1, 0.15) is 11.6 Å². The van der Waals surface area contributed by atoms with Gasteiger partial charge in [-0.15, -0.1) is 0 Å². The highest BCUT2D eigenvalue weighted by atomic mass is 16.5. The average Bonchev–Trinajstić information content (AvgIpc) is 3.28. The number of benzene rings is 2. The molecule has 0 spiro atoms. The van der Waals surface area contributed by atoms with Crippen molar-refractivity contribution in [2.75, 3.05) is 18.6 Å². The number of hydrogen-bond acceptors (Lipinski definition) is 3. The Balaban J connectivity index is 1.68. The lowest BCUT2D eigenvalue weighted by molar-refractivity contribution is -0.117. The van der Waals surface area contributed by atoms with Gasteiger partial charge >= 0.3 is 0 Å². The molecule has 2 atom stereocenters. The van der Waals surface area contributed by atoms with Crippen LogP contribution in [0.25, 0.3) is 11.0 Å². The fourth-order valence-corrected chi connectivity index (χ4v) is 3.95. The molecule has 0 N–H and O–H groups in total. The number of para-hydroxylation sites is 2. The zero-order valence-corrected chi connectivity index (χ0v) is 16.8. The van der Waals surface area contributed by atoms with Crippen LogP contribution in [0.4, 0.5) is 5.69 Å². The summed E-state index contributed by atoms with van der Waals surface area (Å²) in [6.45, 7) is 6.06. The largest absolute Gasteiger partial charge is 0.497 e. The van der Waals surface area contributed by atoms with Gasteiger partial charge in [0.25, 0.3) is 0 Å². The number of carbonyl (C=O) groups is 1. The fraction of sp³-hybridized carbons (Fsp3) is 0.391. The van der Waals surface area contributed by atoms with Crippen molar-refractivity contribution in [3.8, 4) is 5.75 Å². The summed E-state index contributed by atoms with van der Waals surface area (Å²) in [7, 11) is 1.64. The average molecular weight is 377 g/mol. The van der Waals surface area contributed by atoms with Crippen LogP contribution in [0.1, 0.15) is 38.4 Å². The van der Waals surface area contributed by atoms with Crippen molar-refractivity contribution in [2.24, 2.45) is 5.92 Å². The minimum atomic E-state index is 0.0927. The summed E-state index contributed by atoms with van der Waals surface area (Å²) < 4.78 is 7.65. The predicted octanol–water partition coefficient (Wildman–Crippen LogP) is 4.61. The van der Waals surface area contributed by atoms with Gasteiger partial charge in [-0.05, 0) is 30.2 Å². The van der Waals surface area contributed by atoms with E-state index in [2.05, 4.69) is 36.6 Å². The lowest BCUT2D eigenvalue weighted by Gasteiger charge is -2.19. The maximum absolute atomic E-state index is 12.8. The highest BCUT2D eigenvalue weighted by Gasteiger charge is 2.35. The van der Waals surface area contributed by atoms with Crippen molar-refractivity contribution in [1.82, 2.24) is 9.55 Å².